The zero-order valence-electron chi connectivity index (χ0n) is 11.8. The minimum atomic E-state index is -0.202. The molecule has 1 N–H and O–H groups in total. The molecule has 0 fully saturated rings. The molecule has 20 heavy (non-hydrogen) atoms. The van der Waals surface area contributed by atoms with E-state index in [1.165, 1.54) is 16.9 Å². The summed E-state index contributed by atoms with van der Waals surface area (Å²) in [7, 11) is 0. The summed E-state index contributed by atoms with van der Waals surface area (Å²) in [4.78, 5) is 16.8. The van der Waals surface area contributed by atoms with Crippen LogP contribution in [0.4, 0.5) is 5.13 Å². The molecule has 106 valence electrons. The van der Waals surface area contributed by atoms with Crippen LogP contribution >= 0.6 is 11.3 Å². The van der Waals surface area contributed by atoms with E-state index in [0.717, 1.165) is 4.88 Å². The molecule has 2 aromatic rings. The molecule has 0 aliphatic carbocycles. The molecule has 0 atom stereocenters. The van der Waals surface area contributed by atoms with Gasteiger partial charge in [0, 0.05) is 11.1 Å². The van der Waals surface area contributed by atoms with Gasteiger partial charge in [-0.05, 0) is 30.5 Å². The number of carbonyl (C=O) groups excluding carboxylic acids is 1. The first-order chi connectivity index (χ1) is 9.54. The first-order valence-corrected chi connectivity index (χ1v) is 7.31. The van der Waals surface area contributed by atoms with Crippen molar-refractivity contribution in [2.45, 2.75) is 26.7 Å². The summed E-state index contributed by atoms with van der Waals surface area (Å²) in [6.45, 7) is 6.21. The highest BCUT2D eigenvalue weighted by molar-refractivity contribution is 7.15. The lowest BCUT2D eigenvalue weighted by atomic mass is 10.0. The molecule has 5 heteroatoms. The first kappa shape index (κ1) is 14.5. The van der Waals surface area contributed by atoms with E-state index in [4.69, 9.17) is 4.74 Å². The molecule has 0 unspecified atom stereocenters. The summed E-state index contributed by atoms with van der Waals surface area (Å²) in [5.41, 5.74) is 1.25. The summed E-state index contributed by atoms with van der Waals surface area (Å²) >= 11 is 1.44. The molecule has 4 nitrogen and oxygen atoms in total. The van der Waals surface area contributed by atoms with Crippen molar-refractivity contribution in [1.82, 2.24) is 4.98 Å². The summed E-state index contributed by atoms with van der Waals surface area (Å²) in [5.74, 6) is 0.979. The van der Waals surface area contributed by atoms with Crippen molar-refractivity contribution in [2.24, 2.45) is 0 Å². The molecule has 0 saturated carbocycles. The Kier molecular flexibility index (Phi) is 4.74. The number of rotatable bonds is 5. The van der Waals surface area contributed by atoms with Gasteiger partial charge in [0.05, 0.1) is 0 Å². The number of hydrogen-bond donors (Lipinski definition) is 1. The maximum absolute atomic E-state index is 11.7. The Morgan fingerprint density at radius 3 is 2.60 bits per heavy atom. The van der Waals surface area contributed by atoms with Crippen LogP contribution in [0.25, 0.3) is 0 Å². The SMILES string of the molecule is Cc1cnc(NC(=O)COc2ccc(C(C)C)cc2)s1. The van der Waals surface area contributed by atoms with Crippen LogP contribution < -0.4 is 10.1 Å². The maximum Gasteiger partial charge on any atom is 0.264 e. The maximum atomic E-state index is 11.7. The zero-order chi connectivity index (χ0) is 14.5. The minimum absolute atomic E-state index is 0.0142. The number of aromatic nitrogens is 1. The van der Waals surface area contributed by atoms with Crippen LogP contribution in [0, 0.1) is 6.92 Å². The quantitative estimate of drug-likeness (QED) is 0.915. The number of thiazole rings is 1. The minimum Gasteiger partial charge on any atom is -0.484 e. The van der Waals surface area contributed by atoms with Gasteiger partial charge in [0.1, 0.15) is 5.75 Å². The van der Waals surface area contributed by atoms with Crippen molar-refractivity contribution in [3.63, 3.8) is 0 Å². The molecule has 0 aliphatic heterocycles. The van der Waals surface area contributed by atoms with Gasteiger partial charge in [-0.3, -0.25) is 10.1 Å². The number of anilines is 1. The number of nitrogens with zero attached hydrogens (tertiary/aromatic N) is 1. The smallest absolute Gasteiger partial charge is 0.264 e. The summed E-state index contributed by atoms with van der Waals surface area (Å²) < 4.78 is 5.45. The normalized spacial score (nSPS) is 10.6. The molecule has 0 radical (unpaired) electrons. The molecule has 0 bridgehead atoms. The van der Waals surface area contributed by atoms with E-state index >= 15 is 0 Å². The molecule has 1 aromatic carbocycles. The van der Waals surface area contributed by atoms with Gasteiger partial charge >= 0.3 is 0 Å². The summed E-state index contributed by atoms with van der Waals surface area (Å²) in [6.07, 6.45) is 1.73. The Balaban J connectivity index is 1.83. The molecule has 1 aromatic heterocycles. The Bertz CT molecular complexity index is 576. The fraction of sp³-hybridized carbons (Fsp3) is 0.333. The van der Waals surface area contributed by atoms with Crippen molar-refractivity contribution in [3.05, 3.63) is 40.9 Å². The topological polar surface area (TPSA) is 51.2 Å². The van der Waals surface area contributed by atoms with Crippen molar-refractivity contribution in [1.29, 1.82) is 0 Å². The number of benzene rings is 1. The van der Waals surface area contributed by atoms with Crippen LogP contribution in [0.15, 0.2) is 30.5 Å². The third kappa shape index (κ3) is 4.06. The number of carbonyl (C=O) groups is 1. The fourth-order valence-electron chi connectivity index (χ4n) is 1.67. The number of nitrogens with one attached hydrogen (secondary N) is 1. The largest absolute Gasteiger partial charge is 0.484 e. The van der Waals surface area contributed by atoms with Gasteiger partial charge < -0.3 is 4.74 Å². The van der Waals surface area contributed by atoms with Gasteiger partial charge in [-0.15, -0.1) is 11.3 Å². The second kappa shape index (κ2) is 6.52. The predicted octanol–water partition coefficient (Wildman–Crippen LogP) is 3.59. The van der Waals surface area contributed by atoms with E-state index in [1.807, 2.05) is 31.2 Å². The van der Waals surface area contributed by atoms with Crippen LogP contribution in [0.1, 0.15) is 30.2 Å². The molecule has 0 saturated heterocycles. The van der Waals surface area contributed by atoms with Crippen LogP contribution in [0.3, 0.4) is 0 Å². The molecule has 2 rings (SSSR count). The highest BCUT2D eigenvalue weighted by atomic mass is 32.1. The molecule has 0 spiro atoms. The van der Waals surface area contributed by atoms with E-state index in [2.05, 4.69) is 24.1 Å². The fourth-order valence-corrected chi connectivity index (χ4v) is 2.35. The van der Waals surface area contributed by atoms with Gasteiger partial charge in [-0.1, -0.05) is 26.0 Å². The van der Waals surface area contributed by atoms with Gasteiger partial charge in [0.2, 0.25) is 0 Å². The highest BCUT2D eigenvalue weighted by Crippen LogP contribution is 2.19. The lowest BCUT2D eigenvalue weighted by molar-refractivity contribution is -0.118. The van der Waals surface area contributed by atoms with Gasteiger partial charge in [0.25, 0.3) is 5.91 Å². The average molecular weight is 290 g/mol. The molecule has 1 heterocycles. The monoisotopic (exact) mass is 290 g/mol. The van der Waals surface area contributed by atoms with Crippen LogP contribution in [-0.2, 0) is 4.79 Å². The number of aryl methyl sites for hydroxylation is 1. The van der Waals surface area contributed by atoms with Gasteiger partial charge in [-0.25, -0.2) is 4.98 Å². The Morgan fingerprint density at radius 2 is 2.05 bits per heavy atom. The van der Waals surface area contributed by atoms with E-state index < -0.39 is 0 Å². The van der Waals surface area contributed by atoms with Crippen LogP contribution in [0.2, 0.25) is 0 Å². The third-order valence-corrected chi connectivity index (χ3v) is 3.61. The Hall–Kier alpha value is -1.88. The molecular formula is C15H18N2O2S. The Morgan fingerprint density at radius 1 is 1.35 bits per heavy atom. The highest BCUT2D eigenvalue weighted by Gasteiger charge is 2.06. The summed E-state index contributed by atoms with van der Waals surface area (Å²) in [5, 5.41) is 3.31. The summed E-state index contributed by atoms with van der Waals surface area (Å²) in [6, 6.07) is 7.80. The van der Waals surface area contributed by atoms with Crippen LogP contribution in [-0.4, -0.2) is 17.5 Å². The zero-order valence-corrected chi connectivity index (χ0v) is 12.7. The van der Waals surface area contributed by atoms with E-state index in [1.54, 1.807) is 6.20 Å². The molecule has 0 aliphatic rings. The third-order valence-electron chi connectivity index (χ3n) is 2.78. The second-order valence-corrected chi connectivity index (χ2v) is 6.07. The van der Waals surface area contributed by atoms with Crippen molar-refractivity contribution in [3.8, 4) is 5.75 Å². The first-order valence-electron chi connectivity index (χ1n) is 6.49. The lowest BCUT2D eigenvalue weighted by Crippen LogP contribution is -2.19. The molecular weight excluding hydrogens is 272 g/mol. The molecule has 1 amide bonds. The van der Waals surface area contributed by atoms with E-state index in [0.29, 0.717) is 16.8 Å². The van der Waals surface area contributed by atoms with E-state index in [-0.39, 0.29) is 12.5 Å². The second-order valence-electron chi connectivity index (χ2n) is 4.84. The average Bonchev–Trinajstić information content (AvgIpc) is 2.82. The van der Waals surface area contributed by atoms with Crippen molar-refractivity contribution in [2.75, 3.05) is 11.9 Å². The number of amides is 1. The predicted molar refractivity (Wildman–Crippen MR) is 81.5 cm³/mol. The number of hydrogen-bond acceptors (Lipinski definition) is 4. The number of ether oxygens (including phenoxy) is 1. The van der Waals surface area contributed by atoms with Gasteiger partial charge in [-0.2, -0.15) is 0 Å². The van der Waals surface area contributed by atoms with E-state index in [9.17, 15) is 4.79 Å². The van der Waals surface area contributed by atoms with Crippen molar-refractivity contribution < 1.29 is 9.53 Å². The van der Waals surface area contributed by atoms with Crippen molar-refractivity contribution >= 4 is 22.4 Å². The lowest BCUT2D eigenvalue weighted by Gasteiger charge is -2.08. The standard InChI is InChI=1S/C15H18N2O2S/c1-10(2)12-4-6-13(7-5-12)19-9-14(18)17-15-16-8-11(3)20-15/h4-8,10H,9H2,1-3H3,(H,16,17,18). The Labute approximate surface area is 122 Å². The van der Waals surface area contributed by atoms with Gasteiger partial charge in [0.15, 0.2) is 11.7 Å². The van der Waals surface area contributed by atoms with Crippen LogP contribution in [0.5, 0.6) is 5.75 Å².